The Morgan fingerprint density at radius 1 is 0.514 bits per heavy atom. The molecule has 0 fully saturated rings. The zero-order valence-corrected chi connectivity index (χ0v) is 17.8. The fraction of sp³-hybridized carbons (Fsp3) is 0.0370. The number of fused-ring (bicyclic) bond motifs is 2. The molecule has 5 aromatic carbocycles. The van der Waals surface area contributed by atoms with E-state index in [2.05, 4.69) is 4.74 Å². The Balaban J connectivity index is 2.04. The maximum Gasteiger partial charge on any atom is 0.204 e. The topological polar surface area (TPSA) is 9.23 Å². The van der Waals surface area contributed by atoms with Crippen molar-refractivity contribution in [2.24, 2.45) is 0 Å². The minimum absolute atomic E-state index is 0.0924. The minimum atomic E-state index is -1.75. The maximum absolute atomic E-state index is 15.3. The Morgan fingerprint density at radius 3 is 1.71 bits per heavy atom. The first-order valence-corrected chi connectivity index (χ1v) is 10.2. The third-order valence-electron chi connectivity index (χ3n) is 5.88. The van der Waals surface area contributed by atoms with Gasteiger partial charge in [0.15, 0.2) is 29.0 Å². The summed E-state index contributed by atoms with van der Waals surface area (Å²) in [6.45, 7) is 0. The normalized spacial score (nSPS) is 11.4. The van der Waals surface area contributed by atoms with Gasteiger partial charge in [-0.2, -0.15) is 8.78 Å². The molecule has 0 saturated heterocycles. The van der Waals surface area contributed by atoms with E-state index in [0.717, 1.165) is 25.3 Å². The lowest BCUT2D eigenvalue weighted by Crippen LogP contribution is -2.05. The van der Waals surface area contributed by atoms with Crippen LogP contribution in [0, 0.1) is 40.7 Å². The van der Waals surface area contributed by atoms with Gasteiger partial charge in [0, 0.05) is 16.5 Å². The molecule has 0 spiro atoms. The van der Waals surface area contributed by atoms with E-state index < -0.39 is 52.0 Å². The predicted molar refractivity (Wildman–Crippen MR) is 119 cm³/mol. The Morgan fingerprint density at radius 2 is 1.11 bits per heavy atom. The summed E-state index contributed by atoms with van der Waals surface area (Å²) in [4.78, 5) is 0. The third-order valence-corrected chi connectivity index (χ3v) is 5.88. The van der Waals surface area contributed by atoms with Crippen LogP contribution in [0.15, 0.2) is 60.7 Å². The van der Waals surface area contributed by atoms with Crippen LogP contribution in [-0.4, -0.2) is 7.11 Å². The van der Waals surface area contributed by atoms with Gasteiger partial charge in [-0.05, 0) is 39.9 Å². The van der Waals surface area contributed by atoms with Crippen molar-refractivity contribution in [3.63, 3.8) is 0 Å². The largest absolute Gasteiger partial charge is 0.491 e. The van der Waals surface area contributed by atoms with Crippen LogP contribution in [-0.2, 0) is 0 Å². The summed E-state index contributed by atoms with van der Waals surface area (Å²) in [5.74, 6) is -11.3. The van der Waals surface area contributed by atoms with E-state index >= 15 is 13.2 Å². The van der Waals surface area contributed by atoms with Gasteiger partial charge in [0.25, 0.3) is 0 Å². The average molecular weight is 486 g/mol. The van der Waals surface area contributed by atoms with Crippen LogP contribution < -0.4 is 4.74 Å². The number of benzene rings is 5. The standard InChI is InChI=1S/C27H13F7O/c1-35-27-25(33)23(31)22(24(32)26(27)34)20-14-6-3-2-5-13(14)19(12-9-10-16(28)18(30)11-12)21-15(20)7-4-8-17(21)29/h2-11H,1H3. The smallest absolute Gasteiger partial charge is 0.204 e. The molecule has 0 aliphatic rings. The highest BCUT2D eigenvalue weighted by atomic mass is 19.2. The molecule has 0 atom stereocenters. The van der Waals surface area contributed by atoms with Crippen molar-refractivity contribution in [1.29, 1.82) is 0 Å². The van der Waals surface area contributed by atoms with Crippen molar-refractivity contribution >= 4 is 21.5 Å². The van der Waals surface area contributed by atoms with Crippen LogP contribution in [0.1, 0.15) is 0 Å². The first-order valence-electron chi connectivity index (χ1n) is 10.2. The summed E-state index contributed by atoms with van der Waals surface area (Å²) in [5, 5.41) is 0.0153. The van der Waals surface area contributed by atoms with E-state index in [1.807, 2.05) is 0 Å². The molecule has 0 saturated carbocycles. The van der Waals surface area contributed by atoms with Crippen molar-refractivity contribution < 1.29 is 35.5 Å². The quantitative estimate of drug-likeness (QED) is 0.142. The zero-order valence-electron chi connectivity index (χ0n) is 17.8. The highest BCUT2D eigenvalue weighted by Crippen LogP contribution is 2.47. The molecule has 0 radical (unpaired) electrons. The van der Waals surface area contributed by atoms with Crippen molar-refractivity contribution in [3.05, 3.63) is 101 Å². The van der Waals surface area contributed by atoms with Crippen LogP contribution >= 0.6 is 0 Å². The van der Waals surface area contributed by atoms with Gasteiger partial charge in [-0.1, -0.05) is 42.5 Å². The Bertz CT molecular complexity index is 1630. The van der Waals surface area contributed by atoms with Gasteiger partial charge in [0.1, 0.15) is 5.82 Å². The third kappa shape index (κ3) is 3.31. The lowest BCUT2D eigenvalue weighted by Gasteiger charge is -2.19. The van der Waals surface area contributed by atoms with Gasteiger partial charge in [0.2, 0.25) is 11.6 Å². The molecule has 0 heterocycles. The molecule has 0 unspecified atom stereocenters. The summed E-state index contributed by atoms with van der Waals surface area (Å²) in [7, 11) is 0.858. The fourth-order valence-electron chi connectivity index (χ4n) is 4.42. The van der Waals surface area contributed by atoms with Gasteiger partial charge >= 0.3 is 0 Å². The average Bonchev–Trinajstić information content (AvgIpc) is 2.85. The molecule has 176 valence electrons. The molecule has 1 nitrogen and oxygen atoms in total. The second-order valence-corrected chi connectivity index (χ2v) is 7.75. The molecule has 5 rings (SSSR count). The highest BCUT2D eigenvalue weighted by Gasteiger charge is 2.30. The molecule has 0 aromatic heterocycles. The first-order chi connectivity index (χ1) is 16.8. The van der Waals surface area contributed by atoms with Crippen LogP contribution in [0.2, 0.25) is 0 Å². The van der Waals surface area contributed by atoms with E-state index in [0.29, 0.717) is 0 Å². The lowest BCUT2D eigenvalue weighted by molar-refractivity contribution is 0.334. The SMILES string of the molecule is COc1c(F)c(F)c(-c2c3ccccc3c(-c3ccc(F)c(F)c3)c3c(F)cccc23)c(F)c1F. The van der Waals surface area contributed by atoms with E-state index in [9.17, 15) is 17.6 Å². The summed E-state index contributed by atoms with van der Waals surface area (Å²) in [6, 6.07) is 12.6. The van der Waals surface area contributed by atoms with E-state index in [1.165, 1.54) is 36.4 Å². The second kappa shape index (κ2) is 8.30. The predicted octanol–water partition coefficient (Wildman–Crippen LogP) is 8.31. The monoisotopic (exact) mass is 486 g/mol. The molecule has 0 aliphatic heterocycles. The summed E-state index contributed by atoms with van der Waals surface area (Å²) in [6.07, 6.45) is 0. The van der Waals surface area contributed by atoms with Gasteiger partial charge in [-0.15, -0.1) is 0 Å². The Kier molecular flexibility index (Phi) is 5.39. The highest BCUT2D eigenvalue weighted by molar-refractivity contribution is 6.21. The minimum Gasteiger partial charge on any atom is -0.491 e. The number of hydrogen-bond acceptors (Lipinski definition) is 1. The number of methoxy groups -OCH3 is 1. The van der Waals surface area contributed by atoms with Crippen LogP contribution in [0.5, 0.6) is 5.75 Å². The van der Waals surface area contributed by atoms with Gasteiger partial charge in [-0.25, -0.2) is 22.0 Å². The number of ether oxygens (including phenoxy) is 1. The second-order valence-electron chi connectivity index (χ2n) is 7.75. The molecule has 0 amide bonds. The first kappa shape index (κ1) is 22.7. The summed E-state index contributed by atoms with van der Waals surface area (Å²) in [5.41, 5.74) is -1.15. The molecule has 0 N–H and O–H groups in total. The van der Waals surface area contributed by atoms with Crippen molar-refractivity contribution in [1.82, 2.24) is 0 Å². The number of hydrogen-bond donors (Lipinski definition) is 0. The van der Waals surface area contributed by atoms with Crippen LogP contribution in [0.3, 0.4) is 0 Å². The van der Waals surface area contributed by atoms with Crippen LogP contribution in [0.4, 0.5) is 30.7 Å². The van der Waals surface area contributed by atoms with E-state index in [-0.39, 0.29) is 38.2 Å². The van der Waals surface area contributed by atoms with Crippen molar-refractivity contribution in [2.75, 3.05) is 7.11 Å². The van der Waals surface area contributed by atoms with Gasteiger partial charge in [-0.3, -0.25) is 0 Å². The lowest BCUT2D eigenvalue weighted by atomic mass is 9.85. The summed E-state index contributed by atoms with van der Waals surface area (Å²) >= 11 is 0. The molecule has 35 heavy (non-hydrogen) atoms. The molecule has 8 heteroatoms. The van der Waals surface area contributed by atoms with Gasteiger partial charge in [0.05, 0.1) is 12.7 Å². The number of halogens is 7. The van der Waals surface area contributed by atoms with Crippen molar-refractivity contribution in [2.45, 2.75) is 0 Å². The molecule has 0 bridgehead atoms. The Labute approximate surface area is 194 Å². The number of rotatable bonds is 3. The van der Waals surface area contributed by atoms with Crippen molar-refractivity contribution in [3.8, 4) is 28.0 Å². The zero-order chi connectivity index (χ0) is 25.0. The van der Waals surface area contributed by atoms with E-state index in [4.69, 9.17) is 0 Å². The molecule has 0 aliphatic carbocycles. The molecular formula is C27H13F7O. The summed E-state index contributed by atoms with van der Waals surface area (Å²) < 4.78 is 107. The van der Waals surface area contributed by atoms with Crippen LogP contribution in [0.25, 0.3) is 43.8 Å². The maximum atomic E-state index is 15.3. The van der Waals surface area contributed by atoms with E-state index in [1.54, 1.807) is 6.07 Å². The van der Waals surface area contributed by atoms with Gasteiger partial charge < -0.3 is 4.74 Å². The molecule has 5 aromatic rings. The fourth-order valence-corrected chi connectivity index (χ4v) is 4.42. The molecular weight excluding hydrogens is 473 g/mol. The Hall–Kier alpha value is -4.07.